The summed E-state index contributed by atoms with van der Waals surface area (Å²) in [4.78, 5) is 27.0. The number of ether oxygens (including phenoxy) is 2. The van der Waals surface area contributed by atoms with Gasteiger partial charge in [0.05, 0.1) is 12.6 Å². The molecule has 0 aromatic heterocycles. The Balaban J connectivity index is 1.63. The molecule has 1 aromatic rings. The molecule has 5 atom stereocenters. The molecule has 0 spiro atoms. The molecule has 6 nitrogen and oxygen atoms in total. The number of carbonyl (C=O) groups excluding carboxylic acids is 2. The fraction of sp³-hybridized carbons (Fsp3) is 0.545. The molecule has 2 heterocycles. The molecular formula is C22H29NO5. The second kappa shape index (κ2) is 8.88. The number of piperidine rings is 1. The molecule has 2 aliphatic heterocycles. The van der Waals surface area contributed by atoms with Gasteiger partial charge in [-0.2, -0.15) is 0 Å². The number of benzene rings is 1. The van der Waals surface area contributed by atoms with E-state index in [1.807, 2.05) is 44.3 Å². The second-order valence-corrected chi connectivity index (χ2v) is 7.71. The summed E-state index contributed by atoms with van der Waals surface area (Å²) in [6.45, 7) is 3.27. The Morgan fingerprint density at radius 1 is 1.21 bits per heavy atom. The number of nitrogens with zero attached hydrogens (tertiary/aromatic N) is 1. The van der Waals surface area contributed by atoms with Crippen LogP contribution in [-0.2, 0) is 19.1 Å². The summed E-state index contributed by atoms with van der Waals surface area (Å²) in [5, 5.41) is 9.68. The second-order valence-electron chi connectivity index (χ2n) is 7.71. The Kier molecular flexibility index (Phi) is 6.52. The first-order valence-corrected chi connectivity index (χ1v) is 9.86. The third-order valence-electron chi connectivity index (χ3n) is 6.04. The molecule has 2 fully saturated rings. The molecule has 1 N–H and O–H groups in total. The van der Waals surface area contributed by atoms with Crippen LogP contribution in [0.1, 0.15) is 44.6 Å². The van der Waals surface area contributed by atoms with Gasteiger partial charge in [-0.05, 0) is 26.5 Å². The molecule has 2 aliphatic rings. The number of hydrogen-bond acceptors (Lipinski definition) is 6. The molecule has 3 rings (SSSR count). The lowest BCUT2D eigenvalue weighted by molar-refractivity contribution is -0.157. The first-order chi connectivity index (χ1) is 13.4. The minimum atomic E-state index is -0.676. The third-order valence-corrected chi connectivity index (χ3v) is 6.04. The van der Waals surface area contributed by atoms with Crippen LogP contribution in [0.5, 0.6) is 0 Å². The Morgan fingerprint density at radius 3 is 2.57 bits per heavy atom. The van der Waals surface area contributed by atoms with Crippen LogP contribution < -0.4 is 0 Å². The van der Waals surface area contributed by atoms with Crippen LogP contribution in [0.3, 0.4) is 0 Å². The lowest BCUT2D eigenvalue weighted by Crippen LogP contribution is -2.46. The van der Waals surface area contributed by atoms with Crippen LogP contribution >= 0.6 is 0 Å². The van der Waals surface area contributed by atoms with E-state index in [0.29, 0.717) is 18.4 Å². The average molecular weight is 387 g/mol. The zero-order chi connectivity index (χ0) is 20.3. The lowest BCUT2D eigenvalue weighted by atomic mass is 9.98. The van der Waals surface area contributed by atoms with Crippen molar-refractivity contribution in [3.05, 3.63) is 47.5 Å². The molecule has 28 heavy (non-hydrogen) atoms. The van der Waals surface area contributed by atoms with Crippen molar-refractivity contribution in [1.29, 1.82) is 0 Å². The number of carbonyl (C=O) groups is 2. The Labute approximate surface area is 166 Å². The predicted octanol–water partition coefficient (Wildman–Crippen LogP) is 2.42. The fourth-order valence-corrected chi connectivity index (χ4v) is 4.19. The van der Waals surface area contributed by atoms with Crippen LogP contribution in [0.4, 0.5) is 0 Å². The summed E-state index contributed by atoms with van der Waals surface area (Å²) >= 11 is 0. The monoisotopic (exact) mass is 387 g/mol. The summed E-state index contributed by atoms with van der Waals surface area (Å²) in [5.74, 6) is -1.36. The maximum Gasteiger partial charge on any atom is 0.333 e. The van der Waals surface area contributed by atoms with Crippen LogP contribution in [0.15, 0.2) is 42.0 Å². The van der Waals surface area contributed by atoms with Gasteiger partial charge in [-0.25, -0.2) is 4.79 Å². The quantitative estimate of drug-likeness (QED) is 0.597. The molecule has 2 saturated heterocycles. The van der Waals surface area contributed by atoms with E-state index in [-0.39, 0.29) is 36.9 Å². The predicted molar refractivity (Wildman–Crippen MR) is 105 cm³/mol. The highest BCUT2D eigenvalue weighted by atomic mass is 16.6. The topological polar surface area (TPSA) is 76.1 Å². The smallest absolute Gasteiger partial charge is 0.333 e. The fourth-order valence-electron chi connectivity index (χ4n) is 4.19. The van der Waals surface area contributed by atoms with Gasteiger partial charge in [0.15, 0.2) is 0 Å². The molecule has 0 radical (unpaired) electrons. The van der Waals surface area contributed by atoms with Crippen LogP contribution in [-0.4, -0.2) is 59.9 Å². The first kappa shape index (κ1) is 20.6. The maximum absolute atomic E-state index is 12.7. The van der Waals surface area contributed by atoms with Gasteiger partial charge in [-0.15, -0.1) is 0 Å². The Morgan fingerprint density at radius 2 is 1.93 bits per heavy atom. The maximum atomic E-state index is 12.7. The highest BCUT2D eigenvalue weighted by molar-refractivity contribution is 5.87. The van der Waals surface area contributed by atoms with E-state index in [0.717, 1.165) is 12.0 Å². The zero-order valence-electron chi connectivity index (χ0n) is 16.7. The third kappa shape index (κ3) is 4.28. The number of rotatable bonds is 6. The number of allylic oxidation sites excluding steroid dienone is 1. The molecule has 1 aromatic carbocycles. The van der Waals surface area contributed by atoms with E-state index in [1.54, 1.807) is 13.0 Å². The van der Waals surface area contributed by atoms with Gasteiger partial charge in [0.25, 0.3) is 0 Å². The molecule has 152 valence electrons. The van der Waals surface area contributed by atoms with E-state index < -0.39 is 11.9 Å². The van der Waals surface area contributed by atoms with Crippen LogP contribution in [0, 0.1) is 0 Å². The minimum absolute atomic E-state index is 0.0365. The van der Waals surface area contributed by atoms with Gasteiger partial charge in [0, 0.05) is 30.9 Å². The van der Waals surface area contributed by atoms with Crippen LogP contribution in [0.25, 0.3) is 0 Å². The molecule has 0 aliphatic carbocycles. The normalized spacial score (nSPS) is 28.6. The molecule has 0 saturated carbocycles. The summed E-state index contributed by atoms with van der Waals surface area (Å²) in [7, 11) is 2.03. The average Bonchev–Trinajstić information content (AvgIpc) is 2.86. The minimum Gasteiger partial charge on any atom is -0.462 e. The number of likely N-dealkylation sites (N-methyl/N-ethyl adjacent to an activating group) is 1. The Bertz CT molecular complexity index is 732. The number of aliphatic hydroxyl groups excluding tert-OH is 1. The number of esters is 2. The highest BCUT2D eigenvalue weighted by Crippen LogP contribution is 2.38. The van der Waals surface area contributed by atoms with E-state index in [1.165, 1.54) is 0 Å². The lowest BCUT2D eigenvalue weighted by Gasteiger charge is -2.36. The zero-order valence-corrected chi connectivity index (χ0v) is 16.7. The van der Waals surface area contributed by atoms with Crippen molar-refractivity contribution in [1.82, 2.24) is 4.90 Å². The Hall–Kier alpha value is -2.18. The summed E-state index contributed by atoms with van der Waals surface area (Å²) < 4.78 is 11.5. The summed E-state index contributed by atoms with van der Waals surface area (Å²) in [5.41, 5.74) is 1.35. The van der Waals surface area contributed by atoms with Crippen molar-refractivity contribution < 1.29 is 24.2 Å². The molecular weight excluding hydrogens is 358 g/mol. The van der Waals surface area contributed by atoms with E-state index in [4.69, 9.17) is 9.47 Å². The van der Waals surface area contributed by atoms with Gasteiger partial charge in [-0.1, -0.05) is 36.4 Å². The number of hydrogen-bond donors (Lipinski definition) is 1. The largest absolute Gasteiger partial charge is 0.462 e. The van der Waals surface area contributed by atoms with Gasteiger partial charge < -0.3 is 14.6 Å². The van der Waals surface area contributed by atoms with E-state index in [2.05, 4.69) is 4.90 Å². The number of fused-ring (bicyclic) bond motifs is 2. The summed E-state index contributed by atoms with van der Waals surface area (Å²) in [6.07, 6.45) is 3.41. The van der Waals surface area contributed by atoms with Crippen molar-refractivity contribution in [2.45, 2.75) is 63.3 Å². The first-order valence-electron chi connectivity index (χ1n) is 9.86. The number of aliphatic hydroxyl groups is 1. The van der Waals surface area contributed by atoms with Crippen molar-refractivity contribution >= 4 is 11.9 Å². The molecule has 0 amide bonds. The van der Waals surface area contributed by atoms with E-state index in [9.17, 15) is 14.7 Å². The van der Waals surface area contributed by atoms with Crippen molar-refractivity contribution in [2.24, 2.45) is 0 Å². The van der Waals surface area contributed by atoms with E-state index >= 15 is 0 Å². The highest BCUT2D eigenvalue weighted by Gasteiger charge is 2.48. The summed E-state index contributed by atoms with van der Waals surface area (Å²) in [6, 6.07) is 9.44. The molecule has 6 heteroatoms. The molecule has 2 bridgehead atoms. The van der Waals surface area contributed by atoms with Gasteiger partial charge in [0.2, 0.25) is 0 Å². The van der Waals surface area contributed by atoms with Gasteiger partial charge in [-0.3, -0.25) is 9.69 Å². The SMILES string of the molecule is CC=C(C)C(=O)OC1CC2CC(OC(=O)C(CO)c3ccccc3)CC1N2C. The van der Waals surface area contributed by atoms with Crippen LogP contribution in [0.2, 0.25) is 0 Å². The van der Waals surface area contributed by atoms with Crippen molar-refractivity contribution in [3.63, 3.8) is 0 Å². The van der Waals surface area contributed by atoms with Gasteiger partial charge in [0.1, 0.15) is 18.1 Å². The van der Waals surface area contributed by atoms with Gasteiger partial charge >= 0.3 is 11.9 Å². The van der Waals surface area contributed by atoms with Crippen molar-refractivity contribution in [3.8, 4) is 0 Å². The van der Waals surface area contributed by atoms with Crippen molar-refractivity contribution in [2.75, 3.05) is 13.7 Å². The molecule has 5 unspecified atom stereocenters. The standard InChI is InChI=1S/C22H29NO5/c1-4-14(2)21(25)28-20-11-16-10-17(12-19(20)23(16)3)27-22(26)18(13-24)15-8-6-5-7-9-15/h4-9,16-20,24H,10-13H2,1-3H3.